The summed E-state index contributed by atoms with van der Waals surface area (Å²) in [6.07, 6.45) is 2.83. The molecule has 0 saturated carbocycles. The molecule has 1 aromatic rings. The van der Waals surface area contributed by atoms with Crippen LogP contribution in [-0.4, -0.2) is 25.4 Å². The summed E-state index contributed by atoms with van der Waals surface area (Å²) in [4.78, 5) is 0. The number of hydrogen-bond donors (Lipinski definition) is 0. The molecule has 0 amide bonds. The van der Waals surface area contributed by atoms with Crippen LogP contribution in [0.4, 0.5) is 0 Å². The molecule has 2 heterocycles. The summed E-state index contributed by atoms with van der Waals surface area (Å²) in [5, 5.41) is 0. The van der Waals surface area contributed by atoms with Crippen molar-refractivity contribution in [1.82, 2.24) is 0 Å². The van der Waals surface area contributed by atoms with E-state index in [0.717, 1.165) is 13.2 Å². The van der Waals surface area contributed by atoms with Crippen LogP contribution >= 0.6 is 0 Å². The van der Waals surface area contributed by atoms with Crippen LogP contribution in [0.3, 0.4) is 0 Å². The Balaban J connectivity index is 1.86. The summed E-state index contributed by atoms with van der Waals surface area (Å²) in [5.74, 6) is 0. The van der Waals surface area contributed by atoms with E-state index in [1.165, 1.54) is 11.1 Å². The van der Waals surface area contributed by atoms with Gasteiger partial charge in [-0.15, -0.1) is 0 Å². The molecule has 2 aliphatic rings. The highest BCUT2D eigenvalue weighted by atomic mass is 16.6. The van der Waals surface area contributed by atoms with Gasteiger partial charge in [0.1, 0.15) is 12.2 Å². The van der Waals surface area contributed by atoms with Crippen LogP contribution < -0.4 is 0 Å². The molecule has 1 aromatic carbocycles. The van der Waals surface area contributed by atoms with Gasteiger partial charge in [-0.2, -0.15) is 0 Å². The average Bonchev–Trinajstić information content (AvgIpc) is 3.08. The summed E-state index contributed by atoms with van der Waals surface area (Å²) in [5.41, 5.74) is 2.53. The highest BCUT2D eigenvalue weighted by molar-refractivity contribution is 5.56. The first-order valence-electron chi connectivity index (χ1n) is 4.93. The highest BCUT2D eigenvalue weighted by Crippen LogP contribution is 2.31. The van der Waals surface area contributed by atoms with Gasteiger partial charge in [-0.3, -0.25) is 0 Å². The predicted octanol–water partition coefficient (Wildman–Crippen LogP) is 1.87. The topological polar surface area (TPSA) is 25.1 Å². The van der Waals surface area contributed by atoms with E-state index in [1.54, 1.807) is 0 Å². The second-order valence-corrected chi connectivity index (χ2v) is 3.70. The number of hydrogen-bond acceptors (Lipinski definition) is 2. The van der Waals surface area contributed by atoms with E-state index >= 15 is 0 Å². The van der Waals surface area contributed by atoms with Crippen molar-refractivity contribution in [2.45, 2.75) is 12.2 Å². The molecule has 0 N–H and O–H groups in total. The first kappa shape index (κ1) is 8.21. The van der Waals surface area contributed by atoms with Crippen molar-refractivity contribution < 1.29 is 9.47 Å². The molecule has 2 unspecified atom stereocenters. The standard InChI is InChI=1S/C12H12O2/c1-2-4-9(5-3-1)6-10(11-7-13-11)12-8-14-12/h1-6,11-12H,7-8H2. The molecule has 3 rings (SSSR count). The van der Waals surface area contributed by atoms with Gasteiger partial charge in [-0.25, -0.2) is 0 Å². The van der Waals surface area contributed by atoms with Crippen LogP contribution in [0.1, 0.15) is 5.56 Å². The van der Waals surface area contributed by atoms with Crippen LogP contribution in [0.5, 0.6) is 0 Å². The van der Waals surface area contributed by atoms with Gasteiger partial charge in [0.25, 0.3) is 0 Å². The lowest BCUT2D eigenvalue weighted by Gasteiger charge is -1.99. The van der Waals surface area contributed by atoms with Gasteiger partial charge in [0.05, 0.1) is 13.2 Å². The van der Waals surface area contributed by atoms with Crippen molar-refractivity contribution in [2.75, 3.05) is 13.2 Å². The zero-order valence-electron chi connectivity index (χ0n) is 7.85. The molecule has 0 aliphatic carbocycles. The Morgan fingerprint density at radius 2 is 1.64 bits per heavy atom. The zero-order chi connectivity index (χ0) is 9.38. The monoisotopic (exact) mass is 188 g/mol. The Bertz CT molecular complexity index is 334. The van der Waals surface area contributed by atoms with Crippen LogP contribution in [0.15, 0.2) is 35.9 Å². The maximum absolute atomic E-state index is 5.30. The van der Waals surface area contributed by atoms with Crippen molar-refractivity contribution in [3.8, 4) is 0 Å². The number of epoxide rings is 2. The molecule has 2 heteroatoms. The maximum atomic E-state index is 5.30. The van der Waals surface area contributed by atoms with Gasteiger partial charge in [-0.1, -0.05) is 36.4 Å². The van der Waals surface area contributed by atoms with E-state index in [2.05, 4.69) is 18.2 Å². The maximum Gasteiger partial charge on any atom is 0.105 e. The molecule has 0 aromatic heterocycles. The van der Waals surface area contributed by atoms with E-state index in [4.69, 9.17) is 9.47 Å². The molecule has 14 heavy (non-hydrogen) atoms. The zero-order valence-corrected chi connectivity index (χ0v) is 7.85. The van der Waals surface area contributed by atoms with Gasteiger partial charge < -0.3 is 9.47 Å². The fourth-order valence-corrected chi connectivity index (χ4v) is 1.62. The van der Waals surface area contributed by atoms with E-state index < -0.39 is 0 Å². The minimum atomic E-state index is 0.322. The molecule has 2 nitrogen and oxygen atoms in total. The lowest BCUT2D eigenvalue weighted by molar-refractivity contribution is 0.394. The smallest absolute Gasteiger partial charge is 0.105 e. The molecular weight excluding hydrogens is 176 g/mol. The highest BCUT2D eigenvalue weighted by Gasteiger charge is 2.38. The van der Waals surface area contributed by atoms with E-state index in [-0.39, 0.29) is 0 Å². The predicted molar refractivity (Wildman–Crippen MR) is 53.9 cm³/mol. The van der Waals surface area contributed by atoms with Crippen molar-refractivity contribution in [1.29, 1.82) is 0 Å². The van der Waals surface area contributed by atoms with Crippen LogP contribution in [0, 0.1) is 0 Å². The van der Waals surface area contributed by atoms with Gasteiger partial charge in [0.2, 0.25) is 0 Å². The van der Waals surface area contributed by atoms with Crippen LogP contribution in [0.25, 0.3) is 6.08 Å². The van der Waals surface area contributed by atoms with Gasteiger partial charge >= 0.3 is 0 Å². The normalized spacial score (nSPS) is 28.3. The molecule has 2 atom stereocenters. The first-order chi connectivity index (χ1) is 6.93. The molecule has 72 valence electrons. The van der Waals surface area contributed by atoms with Gasteiger partial charge in [0, 0.05) is 0 Å². The Morgan fingerprint density at radius 3 is 2.14 bits per heavy atom. The lowest BCUT2D eigenvalue weighted by Crippen LogP contribution is -2.00. The van der Waals surface area contributed by atoms with Gasteiger partial charge in [0.15, 0.2) is 0 Å². The molecule has 0 spiro atoms. The SMILES string of the molecule is C(=C(C1CO1)C1CO1)c1ccccc1. The summed E-state index contributed by atoms with van der Waals surface area (Å²) in [7, 11) is 0. The number of ether oxygens (including phenoxy) is 2. The largest absolute Gasteiger partial charge is 0.368 e. The summed E-state index contributed by atoms with van der Waals surface area (Å²) < 4.78 is 10.6. The third-order valence-corrected chi connectivity index (χ3v) is 2.54. The summed E-state index contributed by atoms with van der Waals surface area (Å²) in [6, 6.07) is 10.3. The second kappa shape index (κ2) is 3.23. The van der Waals surface area contributed by atoms with Crippen LogP contribution in [0.2, 0.25) is 0 Å². The van der Waals surface area contributed by atoms with Crippen LogP contribution in [-0.2, 0) is 9.47 Å². The van der Waals surface area contributed by atoms with Crippen molar-refractivity contribution in [3.05, 3.63) is 41.5 Å². The summed E-state index contributed by atoms with van der Waals surface area (Å²) in [6.45, 7) is 1.72. The Morgan fingerprint density at radius 1 is 1.07 bits per heavy atom. The fraction of sp³-hybridized carbons (Fsp3) is 0.333. The molecular formula is C12H12O2. The van der Waals surface area contributed by atoms with Gasteiger partial charge in [-0.05, 0) is 11.1 Å². The number of benzene rings is 1. The molecule has 2 saturated heterocycles. The molecule has 2 aliphatic heterocycles. The van der Waals surface area contributed by atoms with Crippen molar-refractivity contribution in [3.63, 3.8) is 0 Å². The summed E-state index contributed by atoms with van der Waals surface area (Å²) >= 11 is 0. The minimum absolute atomic E-state index is 0.322. The van der Waals surface area contributed by atoms with E-state index in [1.807, 2.05) is 18.2 Å². The fourth-order valence-electron chi connectivity index (χ4n) is 1.62. The Labute approximate surface area is 83.1 Å². The Hall–Kier alpha value is -1.12. The average molecular weight is 188 g/mol. The number of rotatable bonds is 3. The minimum Gasteiger partial charge on any atom is -0.368 e. The molecule has 0 radical (unpaired) electrons. The third kappa shape index (κ3) is 1.72. The quantitative estimate of drug-likeness (QED) is 0.676. The lowest BCUT2D eigenvalue weighted by atomic mass is 10.1. The van der Waals surface area contributed by atoms with Crippen molar-refractivity contribution >= 4 is 6.08 Å². The second-order valence-electron chi connectivity index (χ2n) is 3.70. The Kier molecular flexibility index (Phi) is 1.89. The molecule has 2 fully saturated rings. The van der Waals surface area contributed by atoms with E-state index in [9.17, 15) is 0 Å². The van der Waals surface area contributed by atoms with E-state index in [0.29, 0.717) is 12.2 Å². The van der Waals surface area contributed by atoms with Crippen molar-refractivity contribution in [2.24, 2.45) is 0 Å². The molecule has 0 bridgehead atoms. The third-order valence-electron chi connectivity index (χ3n) is 2.54. The first-order valence-corrected chi connectivity index (χ1v) is 4.93.